The molecule has 1 aliphatic heterocycles. The molecule has 1 aromatic rings. The van der Waals surface area contributed by atoms with Crippen molar-refractivity contribution in [3.05, 3.63) is 56.8 Å². The lowest BCUT2D eigenvalue weighted by atomic mass is 9.94. The molecule has 28 heavy (non-hydrogen) atoms. The van der Waals surface area contributed by atoms with Gasteiger partial charge < -0.3 is 9.64 Å². The molecule has 1 aliphatic carbocycles. The fraction of sp³-hybridized carbons (Fsp3) is 0.429. The van der Waals surface area contributed by atoms with E-state index in [1.165, 1.54) is 12.1 Å². The van der Waals surface area contributed by atoms with Crippen LogP contribution in [0.3, 0.4) is 0 Å². The highest BCUT2D eigenvalue weighted by atomic mass is 16.6. The van der Waals surface area contributed by atoms with Crippen molar-refractivity contribution < 1.29 is 19.2 Å². The predicted octanol–water partition coefficient (Wildman–Crippen LogP) is 3.99. The lowest BCUT2D eigenvalue weighted by Gasteiger charge is -2.32. The molecule has 7 heteroatoms. The van der Waals surface area contributed by atoms with E-state index in [9.17, 15) is 19.7 Å². The summed E-state index contributed by atoms with van der Waals surface area (Å²) in [6.45, 7) is 3.69. The van der Waals surface area contributed by atoms with E-state index in [4.69, 9.17) is 4.74 Å². The molecule has 148 valence electrons. The predicted molar refractivity (Wildman–Crippen MR) is 104 cm³/mol. The normalized spacial score (nSPS) is 19.4. The summed E-state index contributed by atoms with van der Waals surface area (Å²) in [5, 5.41) is 11.0. The number of carbonyl (C=O) groups excluding carboxylic acids is 2. The van der Waals surface area contributed by atoms with Crippen molar-refractivity contribution in [2.24, 2.45) is 0 Å². The van der Waals surface area contributed by atoms with Gasteiger partial charge in [-0.1, -0.05) is 31.4 Å². The SMILES string of the molecule is CCOC(=O)C1=C(C)N(C2CCCCC2)C(=O)/C1=C\c1cccc([N+](=O)[O-])c1. The van der Waals surface area contributed by atoms with Crippen LogP contribution in [0.25, 0.3) is 6.08 Å². The van der Waals surface area contributed by atoms with Crippen molar-refractivity contribution in [3.63, 3.8) is 0 Å². The summed E-state index contributed by atoms with van der Waals surface area (Å²) in [6.07, 6.45) is 6.63. The molecule has 1 heterocycles. The number of esters is 1. The first-order chi connectivity index (χ1) is 13.4. The Kier molecular flexibility index (Phi) is 5.92. The molecule has 0 unspecified atom stereocenters. The van der Waals surface area contributed by atoms with E-state index in [-0.39, 0.29) is 35.4 Å². The Bertz CT molecular complexity index is 865. The number of nitro benzene ring substituents is 1. The third kappa shape index (κ3) is 3.83. The van der Waals surface area contributed by atoms with Gasteiger partial charge in [-0.25, -0.2) is 4.79 Å². The van der Waals surface area contributed by atoms with Crippen LogP contribution in [0.1, 0.15) is 51.5 Å². The number of benzene rings is 1. The van der Waals surface area contributed by atoms with Crippen molar-refractivity contribution in [1.29, 1.82) is 0 Å². The molecule has 1 fully saturated rings. The number of amides is 1. The van der Waals surface area contributed by atoms with Crippen LogP contribution in [0.4, 0.5) is 5.69 Å². The molecule has 0 aromatic heterocycles. The zero-order chi connectivity index (χ0) is 20.3. The number of carbonyl (C=O) groups is 2. The average Bonchev–Trinajstić information content (AvgIpc) is 2.92. The number of nitrogens with zero attached hydrogens (tertiary/aromatic N) is 2. The number of rotatable bonds is 5. The summed E-state index contributed by atoms with van der Waals surface area (Å²) in [5.74, 6) is -0.776. The van der Waals surface area contributed by atoms with E-state index in [1.807, 2.05) is 0 Å². The van der Waals surface area contributed by atoms with Crippen molar-refractivity contribution >= 4 is 23.6 Å². The van der Waals surface area contributed by atoms with Gasteiger partial charge in [0, 0.05) is 23.9 Å². The average molecular weight is 384 g/mol. The van der Waals surface area contributed by atoms with Crippen LogP contribution in [0.15, 0.2) is 41.1 Å². The maximum atomic E-state index is 13.2. The topological polar surface area (TPSA) is 89.8 Å². The Hall–Kier alpha value is -2.96. The first-order valence-corrected chi connectivity index (χ1v) is 9.62. The Morgan fingerprint density at radius 2 is 2.04 bits per heavy atom. The van der Waals surface area contributed by atoms with Gasteiger partial charge in [0.15, 0.2) is 0 Å². The van der Waals surface area contributed by atoms with Gasteiger partial charge in [0.1, 0.15) is 0 Å². The van der Waals surface area contributed by atoms with Crippen LogP contribution in [0, 0.1) is 10.1 Å². The van der Waals surface area contributed by atoms with Gasteiger partial charge >= 0.3 is 5.97 Å². The van der Waals surface area contributed by atoms with Crippen molar-refractivity contribution in [1.82, 2.24) is 4.90 Å². The highest BCUT2D eigenvalue weighted by Crippen LogP contribution is 2.37. The van der Waals surface area contributed by atoms with Gasteiger partial charge in [0.05, 0.1) is 22.7 Å². The van der Waals surface area contributed by atoms with Crippen LogP contribution >= 0.6 is 0 Å². The molecule has 0 saturated heterocycles. The van der Waals surface area contributed by atoms with Crippen LogP contribution in [-0.4, -0.2) is 34.3 Å². The number of allylic oxidation sites excluding steroid dienone is 1. The number of hydrogen-bond acceptors (Lipinski definition) is 5. The molecule has 0 N–H and O–H groups in total. The molecule has 0 atom stereocenters. The highest BCUT2D eigenvalue weighted by Gasteiger charge is 2.40. The van der Waals surface area contributed by atoms with E-state index in [1.54, 1.807) is 37.0 Å². The molecule has 0 spiro atoms. The molecule has 7 nitrogen and oxygen atoms in total. The van der Waals surface area contributed by atoms with Crippen LogP contribution in [-0.2, 0) is 14.3 Å². The smallest absolute Gasteiger partial charge is 0.340 e. The fourth-order valence-corrected chi connectivity index (χ4v) is 3.97. The number of hydrogen-bond donors (Lipinski definition) is 0. The summed E-state index contributed by atoms with van der Waals surface area (Å²) in [5.41, 5.74) is 1.53. The summed E-state index contributed by atoms with van der Waals surface area (Å²) < 4.78 is 5.19. The van der Waals surface area contributed by atoms with Gasteiger partial charge in [-0.3, -0.25) is 14.9 Å². The van der Waals surface area contributed by atoms with E-state index in [0.717, 1.165) is 32.1 Å². The van der Waals surface area contributed by atoms with Crippen LogP contribution < -0.4 is 0 Å². The number of ether oxygens (including phenoxy) is 1. The summed E-state index contributed by atoms with van der Waals surface area (Å²) >= 11 is 0. The lowest BCUT2D eigenvalue weighted by molar-refractivity contribution is -0.384. The fourth-order valence-electron chi connectivity index (χ4n) is 3.97. The minimum absolute atomic E-state index is 0.0673. The Morgan fingerprint density at radius 1 is 1.32 bits per heavy atom. The number of non-ortho nitro benzene ring substituents is 1. The third-order valence-corrected chi connectivity index (χ3v) is 5.25. The van der Waals surface area contributed by atoms with Crippen molar-refractivity contribution in [2.75, 3.05) is 6.61 Å². The highest BCUT2D eigenvalue weighted by molar-refractivity contribution is 6.16. The van der Waals surface area contributed by atoms with Gasteiger partial charge in [-0.2, -0.15) is 0 Å². The van der Waals surface area contributed by atoms with Crippen molar-refractivity contribution in [3.8, 4) is 0 Å². The molecule has 1 aromatic carbocycles. The second-order valence-electron chi connectivity index (χ2n) is 7.06. The quantitative estimate of drug-likeness (QED) is 0.331. The zero-order valence-electron chi connectivity index (χ0n) is 16.1. The molecular weight excluding hydrogens is 360 g/mol. The molecule has 0 radical (unpaired) electrons. The second-order valence-corrected chi connectivity index (χ2v) is 7.06. The molecule has 1 amide bonds. The van der Waals surface area contributed by atoms with E-state index in [2.05, 4.69) is 0 Å². The minimum Gasteiger partial charge on any atom is -0.462 e. The maximum absolute atomic E-state index is 13.2. The van der Waals surface area contributed by atoms with Gasteiger partial charge in [0.25, 0.3) is 11.6 Å². The molecule has 2 aliphatic rings. The van der Waals surface area contributed by atoms with Crippen LogP contribution in [0.2, 0.25) is 0 Å². The Morgan fingerprint density at radius 3 is 2.68 bits per heavy atom. The van der Waals surface area contributed by atoms with Gasteiger partial charge in [-0.15, -0.1) is 0 Å². The Labute approximate surface area is 163 Å². The summed E-state index contributed by atoms with van der Waals surface area (Å²) in [6, 6.07) is 6.08. The van der Waals surface area contributed by atoms with Gasteiger partial charge in [-0.05, 0) is 38.3 Å². The van der Waals surface area contributed by atoms with Gasteiger partial charge in [0.2, 0.25) is 0 Å². The maximum Gasteiger partial charge on any atom is 0.340 e. The molecule has 0 bridgehead atoms. The monoisotopic (exact) mass is 384 g/mol. The van der Waals surface area contributed by atoms with E-state index in [0.29, 0.717) is 11.3 Å². The minimum atomic E-state index is -0.539. The summed E-state index contributed by atoms with van der Waals surface area (Å²) in [4.78, 5) is 38.1. The van der Waals surface area contributed by atoms with E-state index >= 15 is 0 Å². The molecule has 3 rings (SSSR count). The first kappa shape index (κ1) is 19.8. The first-order valence-electron chi connectivity index (χ1n) is 9.62. The Balaban J connectivity index is 2.04. The zero-order valence-corrected chi connectivity index (χ0v) is 16.1. The van der Waals surface area contributed by atoms with Crippen molar-refractivity contribution in [2.45, 2.75) is 52.0 Å². The standard InChI is InChI=1S/C21H24N2O5/c1-3-28-21(25)19-14(2)22(16-9-5-4-6-10-16)20(24)18(19)13-15-8-7-11-17(12-15)23(26)27/h7-8,11-13,16H,3-6,9-10H2,1-2H3/b18-13-. The van der Waals surface area contributed by atoms with Crippen LogP contribution in [0.5, 0.6) is 0 Å². The summed E-state index contributed by atoms with van der Waals surface area (Å²) in [7, 11) is 0. The largest absolute Gasteiger partial charge is 0.462 e. The lowest BCUT2D eigenvalue weighted by Crippen LogP contribution is -2.37. The molecule has 1 saturated carbocycles. The third-order valence-electron chi connectivity index (χ3n) is 5.25. The number of nitro groups is 1. The second kappa shape index (κ2) is 8.37. The van der Waals surface area contributed by atoms with E-state index < -0.39 is 10.9 Å². The molecular formula is C21H24N2O5.